The zero-order chi connectivity index (χ0) is 26.1. The molecule has 1 unspecified atom stereocenters. The van der Waals surface area contributed by atoms with Crippen LogP contribution in [0, 0.1) is 12.3 Å². The molecule has 0 N–H and O–H groups in total. The van der Waals surface area contributed by atoms with E-state index in [0.29, 0.717) is 0 Å². The van der Waals surface area contributed by atoms with E-state index in [9.17, 15) is 0 Å². The van der Waals surface area contributed by atoms with Gasteiger partial charge < -0.3 is 4.90 Å². The van der Waals surface area contributed by atoms with Gasteiger partial charge in [0, 0.05) is 5.69 Å². The van der Waals surface area contributed by atoms with Crippen LogP contribution >= 0.6 is 0 Å². The molecule has 38 heavy (non-hydrogen) atoms. The molecule has 0 fully saturated rings. The Kier molecular flexibility index (Phi) is 4.97. The van der Waals surface area contributed by atoms with Gasteiger partial charge in [-0.15, -0.1) is 0 Å². The Bertz CT molecular complexity index is 1690. The number of hydrogen-bond acceptors (Lipinski definition) is 1. The van der Waals surface area contributed by atoms with E-state index >= 15 is 0 Å². The number of aryl methyl sites for hydroxylation is 1. The summed E-state index contributed by atoms with van der Waals surface area (Å²) >= 11 is 0. The molecule has 1 spiro atoms. The van der Waals surface area contributed by atoms with Crippen LogP contribution in [0.15, 0.2) is 115 Å². The lowest BCUT2D eigenvalue weighted by Gasteiger charge is -2.45. The molecular weight excluding hydrogens is 458 g/mol. The first kappa shape index (κ1) is 23.0. The molecule has 0 amide bonds. The summed E-state index contributed by atoms with van der Waals surface area (Å²) in [5.41, 5.74) is 14.5. The van der Waals surface area contributed by atoms with E-state index in [0.717, 1.165) is 6.42 Å². The second kappa shape index (κ2) is 8.20. The minimum absolute atomic E-state index is 0.237. The fourth-order valence-corrected chi connectivity index (χ4v) is 6.90. The van der Waals surface area contributed by atoms with Crippen LogP contribution < -0.4 is 4.90 Å². The van der Waals surface area contributed by atoms with E-state index in [4.69, 9.17) is 0 Å². The third-order valence-corrected chi connectivity index (χ3v) is 8.20. The predicted octanol–water partition coefficient (Wildman–Crippen LogP) is 9.73. The quantitative estimate of drug-likeness (QED) is 0.233. The van der Waals surface area contributed by atoms with Gasteiger partial charge in [0.1, 0.15) is 0 Å². The molecule has 0 aromatic heterocycles. The van der Waals surface area contributed by atoms with Gasteiger partial charge in [-0.2, -0.15) is 0 Å². The maximum absolute atomic E-state index is 2.47. The number of fused-ring (bicyclic) bond motifs is 9. The normalized spacial score (nSPS) is 17.1. The average molecular weight is 492 g/mol. The van der Waals surface area contributed by atoms with Gasteiger partial charge in [-0.05, 0) is 82.0 Å². The van der Waals surface area contributed by atoms with Crippen LogP contribution in [0.25, 0.3) is 11.1 Å². The third kappa shape index (κ3) is 3.24. The van der Waals surface area contributed by atoms with Crippen molar-refractivity contribution in [1.29, 1.82) is 0 Å². The molecule has 1 heterocycles. The largest absolute Gasteiger partial charge is 0.310 e. The zero-order valence-electron chi connectivity index (χ0n) is 22.6. The lowest BCUT2D eigenvalue weighted by Crippen LogP contribution is -2.36. The maximum atomic E-state index is 2.47. The van der Waals surface area contributed by atoms with E-state index < -0.39 is 0 Å². The van der Waals surface area contributed by atoms with E-state index in [1.165, 1.54) is 61.6 Å². The van der Waals surface area contributed by atoms with Crippen LogP contribution in [0.5, 0.6) is 0 Å². The minimum atomic E-state index is -0.366. The van der Waals surface area contributed by atoms with E-state index in [2.05, 4.69) is 148 Å². The Morgan fingerprint density at radius 3 is 2.03 bits per heavy atom. The molecule has 186 valence electrons. The van der Waals surface area contributed by atoms with Crippen molar-refractivity contribution < 1.29 is 0 Å². The molecule has 0 radical (unpaired) electrons. The Labute approximate surface area is 226 Å². The molecule has 5 aromatic carbocycles. The monoisotopic (exact) mass is 491 g/mol. The van der Waals surface area contributed by atoms with Crippen molar-refractivity contribution in [2.75, 3.05) is 4.90 Å². The van der Waals surface area contributed by atoms with Gasteiger partial charge in [0.05, 0.1) is 16.8 Å². The standard InChI is InChI=1S/C37H33N/c1-25-18-21-35-33(22-25)37(32-16-10-11-17-34(32)38(35)27-12-6-5-7-13-27)30-15-9-8-14-28(30)29-23-26(19-20-31(29)37)24-36(2,3)4/h5-23H,24H2,1-4H3. The molecule has 5 aromatic rings. The molecule has 0 bridgehead atoms. The van der Waals surface area contributed by atoms with Gasteiger partial charge in [-0.3, -0.25) is 0 Å². The van der Waals surface area contributed by atoms with E-state index in [1.807, 2.05) is 0 Å². The SMILES string of the molecule is Cc1ccc2c(c1)C1(c3ccccc3-c3cc(CC(C)(C)C)ccc31)c1ccccc1N2c1ccccc1. The highest BCUT2D eigenvalue weighted by atomic mass is 15.2. The van der Waals surface area contributed by atoms with Gasteiger partial charge in [-0.25, -0.2) is 0 Å². The molecule has 7 rings (SSSR count). The van der Waals surface area contributed by atoms with Crippen molar-refractivity contribution in [3.05, 3.63) is 149 Å². The maximum Gasteiger partial charge on any atom is 0.0754 e. The summed E-state index contributed by atoms with van der Waals surface area (Å²) in [4.78, 5) is 2.45. The Morgan fingerprint density at radius 2 is 1.24 bits per heavy atom. The van der Waals surface area contributed by atoms with Crippen molar-refractivity contribution >= 4 is 17.1 Å². The summed E-state index contributed by atoms with van der Waals surface area (Å²) in [6.45, 7) is 9.19. The molecule has 1 heteroatoms. The topological polar surface area (TPSA) is 3.24 Å². The molecule has 1 aliphatic heterocycles. The number of nitrogens with zero attached hydrogens (tertiary/aromatic N) is 1. The number of anilines is 3. The fraction of sp³-hybridized carbons (Fsp3) is 0.189. The second-order valence-corrected chi connectivity index (χ2v) is 12.1. The van der Waals surface area contributed by atoms with Crippen molar-refractivity contribution in [3.8, 4) is 11.1 Å². The van der Waals surface area contributed by atoms with Crippen LogP contribution in [0.3, 0.4) is 0 Å². The molecule has 0 saturated heterocycles. The smallest absolute Gasteiger partial charge is 0.0754 e. The Balaban J connectivity index is 1.60. The van der Waals surface area contributed by atoms with E-state index in [-0.39, 0.29) is 10.8 Å². The zero-order valence-corrected chi connectivity index (χ0v) is 22.6. The summed E-state index contributed by atoms with van der Waals surface area (Å²) in [6.07, 6.45) is 1.06. The molecule has 1 aliphatic carbocycles. The van der Waals surface area contributed by atoms with Crippen LogP contribution in [-0.4, -0.2) is 0 Å². The highest BCUT2D eigenvalue weighted by Crippen LogP contribution is 2.63. The summed E-state index contributed by atoms with van der Waals surface area (Å²) in [5, 5.41) is 0. The highest BCUT2D eigenvalue weighted by molar-refractivity contribution is 5.95. The Hall–Kier alpha value is -4.10. The number of para-hydroxylation sites is 2. The molecular formula is C37H33N. The predicted molar refractivity (Wildman–Crippen MR) is 160 cm³/mol. The number of rotatable bonds is 2. The van der Waals surface area contributed by atoms with E-state index in [1.54, 1.807) is 0 Å². The van der Waals surface area contributed by atoms with Crippen LogP contribution in [0.4, 0.5) is 17.1 Å². The number of hydrogen-bond donors (Lipinski definition) is 0. The van der Waals surface area contributed by atoms with Crippen LogP contribution in [0.2, 0.25) is 0 Å². The van der Waals surface area contributed by atoms with Crippen LogP contribution in [-0.2, 0) is 11.8 Å². The lowest BCUT2D eigenvalue weighted by molar-refractivity contribution is 0.411. The third-order valence-electron chi connectivity index (χ3n) is 8.20. The first-order valence-electron chi connectivity index (χ1n) is 13.7. The summed E-state index contributed by atoms with van der Waals surface area (Å²) < 4.78 is 0. The summed E-state index contributed by atoms with van der Waals surface area (Å²) in [5.74, 6) is 0. The van der Waals surface area contributed by atoms with Crippen molar-refractivity contribution in [2.45, 2.75) is 39.5 Å². The van der Waals surface area contributed by atoms with Crippen molar-refractivity contribution in [2.24, 2.45) is 5.41 Å². The van der Waals surface area contributed by atoms with Crippen molar-refractivity contribution in [1.82, 2.24) is 0 Å². The first-order chi connectivity index (χ1) is 18.4. The summed E-state index contributed by atoms with van der Waals surface area (Å²) in [6, 6.07) is 43.2. The van der Waals surface area contributed by atoms with Crippen LogP contribution in [0.1, 0.15) is 54.2 Å². The summed E-state index contributed by atoms with van der Waals surface area (Å²) in [7, 11) is 0. The molecule has 1 atom stereocenters. The average Bonchev–Trinajstić information content (AvgIpc) is 3.19. The minimum Gasteiger partial charge on any atom is -0.310 e. The van der Waals surface area contributed by atoms with Gasteiger partial charge in [0.25, 0.3) is 0 Å². The molecule has 2 aliphatic rings. The molecule has 1 nitrogen and oxygen atoms in total. The fourth-order valence-electron chi connectivity index (χ4n) is 6.90. The highest BCUT2D eigenvalue weighted by Gasteiger charge is 2.51. The first-order valence-corrected chi connectivity index (χ1v) is 13.7. The number of benzene rings is 5. The Morgan fingerprint density at radius 1 is 0.579 bits per heavy atom. The van der Waals surface area contributed by atoms with Gasteiger partial charge in [0.15, 0.2) is 0 Å². The van der Waals surface area contributed by atoms with Gasteiger partial charge >= 0.3 is 0 Å². The van der Waals surface area contributed by atoms with Crippen molar-refractivity contribution in [3.63, 3.8) is 0 Å². The van der Waals surface area contributed by atoms with Gasteiger partial charge in [-0.1, -0.05) is 117 Å². The van der Waals surface area contributed by atoms with Gasteiger partial charge in [0.2, 0.25) is 0 Å². The lowest BCUT2D eigenvalue weighted by atomic mass is 9.64. The molecule has 0 saturated carbocycles. The second-order valence-electron chi connectivity index (χ2n) is 12.1.